The fraction of sp³-hybridized carbons (Fsp3) is 0.500. The summed E-state index contributed by atoms with van der Waals surface area (Å²) in [7, 11) is 0. The van der Waals surface area contributed by atoms with E-state index in [4.69, 9.17) is 4.98 Å². The lowest BCUT2D eigenvalue weighted by atomic mass is 10.1. The lowest BCUT2D eigenvalue weighted by Gasteiger charge is -2.07. The third-order valence-corrected chi connectivity index (χ3v) is 5.05. The molecular formula is C18H24N2S. The molecule has 2 nitrogen and oxygen atoms in total. The standard InChI is InChI=1S/C18H24N2S/c1-13(2)12-19-11-10-16-17(14-6-4-3-5-7-14)20-18(21-16)15-8-9-15/h3-7,13,15,19H,8-12H2,1-2H3. The predicted molar refractivity (Wildman–Crippen MR) is 90.9 cm³/mol. The molecule has 112 valence electrons. The van der Waals surface area contributed by atoms with Gasteiger partial charge in [0.2, 0.25) is 0 Å². The van der Waals surface area contributed by atoms with Crippen LogP contribution in [0.2, 0.25) is 0 Å². The predicted octanol–water partition coefficient (Wildman–Crippen LogP) is 4.48. The maximum absolute atomic E-state index is 4.95. The number of rotatable bonds is 7. The summed E-state index contributed by atoms with van der Waals surface area (Å²) in [4.78, 5) is 6.39. The summed E-state index contributed by atoms with van der Waals surface area (Å²) in [6, 6.07) is 10.6. The Kier molecular flexibility index (Phi) is 4.71. The molecule has 1 fully saturated rings. The lowest BCUT2D eigenvalue weighted by Crippen LogP contribution is -2.22. The highest BCUT2D eigenvalue weighted by Crippen LogP contribution is 2.44. The van der Waals surface area contributed by atoms with Crippen molar-refractivity contribution >= 4 is 11.3 Å². The zero-order valence-corrected chi connectivity index (χ0v) is 13.7. The molecule has 0 spiro atoms. The van der Waals surface area contributed by atoms with Crippen molar-refractivity contribution in [2.45, 2.75) is 39.0 Å². The molecule has 3 rings (SSSR count). The molecule has 0 amide bonds. The first-order valence-electron chi connectivity index (χ1n) is 7.99. The van der Waals surface area contributed by atoms with Crippen LogP contribution < -0.4 is 5.32 Å². The van der Waals surface area contributed by atoms with Crippen LogP contribution in [0.3, 0.4) is 0 Å². The van der Waals surface area contributed by atoms with Gasteiger partial charge in [0.25, 0.3) is 0 Å². The van der Waals surface area contributed by atoms with E-state index in [2.05, 4.69) is 49.5 Å². The second-order valence-electron chi connectivity index (χ2n) is 6.31. The summed E-state index contributed by atoms with van der Waals surface area (Å²) in [6.07, 6.45) is 3.74. The van der Waals surface area contributed by atoms with Gasteiger partial charge in [-0.3, -0.25) is 0 Å². The number of hydrogen-bond donors (Lipinski definition) is 1. The largest absolute Gasteiger partial charge is 0.316 e. The van der Waals surface area contributed by atoms with E-state index in [1.165, 1.54) is 34.0 Å². The van der Waals surface area contributed by atoms with E-state index in [-0.39, 0.29) is 0 Å². The molecule has 1 aliphatic carbocycles. The van der Waals surface area contributed by atoms with Crippen molar-refractivity contribution in [3.8, 4) is 11.3 Å². The minimum absolute atomic E-state index is 0.710. The van der Waals surface area contributed by atoms with E-state index in [9.17, 15) is 0 Å². The van der Waals surface area contributed by atoms with Crippen molar-refractivity contribution in [3.63, 3.8) is 0 Å². The highest BCUT2D eigenvalue weighted by Gasteiger charge is 2.28. The summed E-state index contributed by atoms with van der Waals surface area (Å²) >= 11 is 1.93. The molecule has 1 aromatic heterocycles. The first-order valence-corrected chi connectivity index (χ1v) is 8.81. The Hall–Kier alpha value is -1.19. The van der Waals surface area contributed by atoms with Crippen LogP contribution in [0.25, 0.3) is 11.3 Å². The van der Waals surface area contributed by atoms with E-state index in [1.54, 1.807) is 0 Å². The topological polar surface area (TPSA) is 24.9 Å². The first-order chi connectivity index (χ1) is 10.2. The van der Waals surface area contributed by atoms with Gasteiger partial charge < -0.3 is 5.32 Å². The van der Waals surface area contributed by atoms with Crippen molar-refractivity contribution in [1.82, 2.24) is 10.3 Å². The van der Waals surface area contributed by atoms with E-state index in [0.29, 0.717) is 5.92 Å². The zero-order chi connectivity index (χ0) is 14.7. The highest BCUT2D eigenvalue weighted by molar-refractivity contribution is 7.12. The molecule has 2 aromatic rings. The lowest BCUT2D eigenvalue weighted by molar-refractivity contribution is 0.555. The summed E-state index contributed by atoms with van der Waals surface area (Å²) in [5.74, 6) is 1.46. The molecule has 1 N–H and O–H groups in total. The van der Waals surface area contributed by atoms with E-state index in [1.807, 2.05) is 11.3 Å². The minimum Gasteiger partial charge on any atom is -0.316 e. The SMILES string of the molecule is CC(C)CNCCc1sc(C2CC2)nc1-c1ccccc1. The molecule has 0 radical (unpaired) electrons. The number of nitrogens with zero attached hydrogens (tertiary/aromatic N) is 1. The zero-order valence-electron chi connectivity index (χ0n) is 12.9. The molecular weight excluding hydrogens is 276 g/mol. The summed E-state index contributed by atoms with van der Waals surface area (Å²) in [6.45, 7) is 6.64. The van der Waals surface area contributed by atoms with Crippen molar-refractivity contribution in [2.24, 2.45) is 5.92 Å². The molecule has 1 saturated carbocycles. The van der Waals surface area contributed by atoms with Gasteiger partial charge in [-0.2, -0.15) is 0 Å². The fourth-order valence-corrected chi connectivity index (χ4v) is 3.71. The number of nitrogens with one attached hydrogen (secondary N) is 1. The Bertz CT molecular complexity index is 570. The highest BCUT2D eigenvalue weighted by atomic mass is 32.1. The molecule has 1 heterocycles. The first kappa shape index (κ1) is 14.7. The van der Waals surface area contributed by atoms with E-state index < -0.39 is 0 Å². The number of hydrogen-bond acceptors (Lipinski definition) is 3. The normalized spacial score (nSPS) is 14.8. The number of thiazole rings is 1. The Morgan fingerprint density at radius 1 is 1.24 bits per heavy atom. The van der Waals surface area contributed by atoms with Gasteiger partial charge in [-0.15, -0.1) is 11.3 Å². The van der Waals surface area contributed by atoms with E-state index in [0.717, 1.165) is 25.4 Å². The maximum Gasteiger partial charge on any atom is 0.0966 e. The van der Waals surface area contributed by atoms with Gasteiger partial charge in [-0.1, -0.05) is 44.2 Å². The molecule has 3 heteroatoms. The van der Waals surface area contributed by atoms with Gasteiger partial charge in [0.15, 0.2) is 0 Å². The van der Waals surface area contributed by atoms with E-state index >= 15 is 0 Å². The Labute approximate surface area is 131 Å². The van der Waals surface area contributed by atoms with Crippen LogP contribution in [0.1, 0.15) is 42.5 Å². The maximum atomic E-state index is 4.95. The van der Waals surface area contributed by atoms with Gasteiger partial charge in [0.1, 0.15) is 0 Å². The van der Waals surface area contributed by atoms with Crippen molar-refractivity contribution in [2.75, 3.05) is 13.1 Å². The molecule has 0 unspecified atom stereocenters. The number of benzene rings is 1. The minimum atomic E-state index is 0.710. The number of aromatic nitrogens is 1. The molecule has 0 atom stereocenters. The Morgan fingerprint density at radius 3 is 2.67 bits per heavy atom. The monoisotopic (exact) mass is 300 g/mol. The van der Waals surface area contributed by atoms with Gasteiger partial charge >= 0.3 is 0 Å². The Balaban J connectivity index is 1.74. The van der Waals surface area contributed by atoms with Gasteiger partial charge in [0.05, 0.1) is 10.7 Å². The molecule has 0 bridgehead atoms. The summed E-state index contributed by atoms with van der Waals surface area (Å²) in [5.41, 5.74) is 2.48. The van der Waals surface area contributed by atoms with Crippen LogP contribution in [0.5, 0.6) is 0 Å². The molecule has 21 heavy (non-hydrogen) atoms. The third-order valence-electron chi connectivity index (χ3n) is 3.77. The molecule has 1 aliphatic rings. The van der Waals surface area contributed by atoms with Crippen LogP contribution in [0, 0.1) is 5.92 Å². The molecule has 0 saturated heterocycles. The quantitative estimate of drug-likeness (QED) is 0.763. The van der Waals surface area contributed by atoms with Crippen molar-refractivity contribution in [3.05, 3.63) is 40.2 Å². The van der Waals surface area contributed by atoms with Gasteiger partial charge in [-0.25, -0.2) is 4.98 Å². The fourth-order valence-electron chi connectivity index (χ4n) is 2.46. The third kappa shape index (κ3) is 3.92. The van der Waals surface area contributed by atoms with Crippen LogP contribution in [0.4, 0.5) is 0 Å². The van der Waals surface area contributed by atoms with Crippen molar-refractivity contribution < 1.29 is 0 Å². The van der Waals surface area contributed by atoms with Crippen LogP contribution in [0.15, 0.2) is 30.3 Å². The average Bonchev–Trinajstić information content (AvgIpc) is 3.25. The summed E-state index contributed by atoms with van der Waals surface area (Å²) < 4.78 is 0. The van der Waals surface area contributed by atoms with Gasteiger partial charge in [-0.05, 0) is 31.7 Å². The van der Waals surface area contributed by atoms with Crippen LogP contribution in [-0.4, -0.2) is 18.1 Å². The van der Waals surface area contributed by atoms with Gasteiger partial charge in [0, 0.05) is 22.9 Å². The average molecular weight is 300 g/mol. The second-order valence-corrected chi connectivity index (χ2v) is 7.43. The second kappa shape index (κ2) is 6.71. The van der Waals surface area contributed by atoms with Crippen LogP contribution in [-0.2, 0) is 6.42 Å². The van der Waals surface area contributed by atoms with Crippen LogP contribution >= 0.6 is 11.3 Å². The van der Waals surface area contributed by atoms with Crippen molar-refractivity contribution in [1.29, 1.82) is 0 Å². The molecule has 1 aromatic carbocycles. The smallest absolute Gasteiger partial charge is 0.0966 e. The molecule has 0 aliphatic heterocycles. The summed E-state index contributed by atoms with van der Waals surface area (Å²) in [5, 5.41) is 4.90. The Morgan fingerprint density at radius 2 is 2.00 bits per heavy atom.